The molecule has 1 aromatic heterocycles. The van der Waals surface area contributed by atoms with Crippen molar-refractivity contribution in [2.45, 2.75) is 0 Å². The number of carbonyl (C=O) groups excluding carboxylic acids is 2. The highest BCUT2D eigenvalue weighted by atomic mass is 79.9. The van der Waals surface area contributed by atoms with Gasteiger partial charge in [0, 0.05) is 11.3 Å². The molecule has 0 aliphatic rings. The molecule has 0 spiro atoms. The van der Waals surface area contributed by atoms with Crippen LogP contribution in [0.4, 0.5) is 5.69 Å². The summed E-state index contributed by atoms with van der Waals surface area (Å²) in [7, 11) is 0. The van der Waals surface area contributed by atoms with E-state index in [1.165, 1.54) is 11.3 Å². The second-order valence-corrected chi connectivity index (χ2v) is 7.38. The minimum atomic E-state index is -0.498. The highest BCUT2D eigenvalue weighted by Crippen LogP contribution is 2.32. The molecule has 19 heavy (non-hydrogen) atoms. The number of hydrogen-bond donors (Lipinski definition) is 2. The smallest absolute Gasteiger partial charge is 0.257 e. The molecule has 2 aromatic rings. The molecule has 0 aliphatic heterocycles. The number of nitrogens with two attached hydrogens (primary N) is 1. The van der Waals surface area contributed by atoms with E-state index in [1.54, 1.807) is 30.3 Å². The van der Waals surface area contributed by atoms with Gasteiger partial charge < -0.3 is 11.1 Å². The van der Waals surface area contributed by atoms with Crippen LogP contribution in [0, 0.1) is 0 Å². The standard InChI is InChI=1S/C12H8Br2N2O2S/c13-9-5-8(10(14)19-9)12(18)16-7-3-1-6(2-4-7)11(15)17/h1-5H,(H2,15,17)(H,16,18). The molecule has 0 saturated carbocycles. The zero-order valence-electron chi connectivity index (χ0n) is 9.44. The zero-order chi connectivity index (χ0) is 14.0. The first-order chi connectivity index (χ1) is 8.97. The van der Waals surface area contributed by atoms with E-state index in [4.69, 9.17) is 5.73 Å². The SMILES string of the molecule is NC(=O)c1ccc(NC(=O)c2cc(Br)sc2Br)cc1. The first kappa shape index (κ1) is 14.2. The van der Waals surface area contributed by atoms with Gasteiger partial charge in [0.2, 0.25) is 5.91 Å². The number of amides is 2. The lowest BCUT2D eigenvalue weighted by atomic mass is 10.2. The Balaban J connectivity index is 2.15. The minimum absolute atomic E-state index is 0.222. The Morgan fingerprint density at radius 3 is 2.26 bits per heavy atom. The number of rotatable bonds is 3. The van der Waals surface area contributed by atoms with Crippen molar-refractivity contribution in [3.05, 3.63) is 49.0 Å². The van der Waals surface area contributed by atoms with Gasteiger partial charge in [-0.3, -0.25) is 9.59 Å². The monoisotopic (exact) mass is 402 g/mol. The topological polar surface area (TPSA) is 72.2 Å². The van der Waals surface area contributed by atoms with Gasteiger partial charge in [-0.15, -0.1) is 11.3 Å². The Kier molecular flexibility index (Phi) is 4.38. The maximum Gasteiger partial charge on any atom is 0.257 e. The van der Waals surface area contributed by atoms with Gasteiger partial charge in [0.1, 0.15) is 0 Å². The second kappa shape index (κ2) is 5.85. The van der Waals surface area contributed by atoms with Crippen LogP contribution in [0.25, 0.3) is 0 Å². The van der Waals surface area contributed by atoms with Crippen molar-refractivity contribution in [1.82, 2.24) is 0 Å². The van der Waals surface area contributed by atoms with E-state index in [9.17, 15) is 9.59 Å². The molecule has 2 rings (SSSR count). The average Bonchev–Trinajstić information content (AvgIpc) is 2.69. The van der Waals surface area contributed by atoms with E-state index in [0.717, 1.165) is 7.57 Å². The van der Waals surface area contributed by atoms with Gasteiger partial charge >= 0.3 is 0 Å². The van der Waals surface area contributed by atoms with E-state index in [0.29, 0.717) is 16.8 Å². The molecule has 0 bridgehead atoms. The average molecular weight is 404 g/mol. The van der Waals surface area contributed by atoms with Crippen LogP contribution in [-0.2, 0) is 0 Å². The number of anilines is 1. The Labute approximate surface area is 130 Å². The first-order valence-electron chi connectivity index (χ1n) is 5.13. The molecule has 0 radical (unpaired) electrons. The van der Waals surface area contributed by atoms with E-state index in [2.05, 4.69) is 37.2 Å². The van der Waals surface area contributed by atoms with Crippen molar-refractivity contribution < 1.29 is 9.59 Å². The summed E-state index contributed by atoms with van der Waals surface area (Å²) in [5.74, 6) is -0.719. The zero-order valence-corrected chi connectivity index (χ0v) is 13.4. The summed E-state index contributed by atoms with van der Waals surface area (Å²) >= 11 is 8.07. The molecule has 0 saturated heterocycles. The predicted molar refractivity (Wildman–Crippen MR) is 82.6 cm³/mol. The van der Waals surface area contributed by atoms with Crippen LogP contribution in [0.1, 0.15) is 20.7 Å². The fraction of sp³-hybridized carbons (Fsp3) is 0. The van der Waals surface area contributed by atoms with Crippen molar-refractivity contribution in [2.24, 2.45) is 5.73 Å². The van der Waals surface area contributed by atoms with Crippen molar-refractivity contribution in [1.29, 1.82) is 0 Å². The third-order valence-corrected chi connectivity index (χ3v) is 4.67. The highest BCUT2D eigenvalue weighted by molar-refractivity contribution is 9.12. The molecule has 3 N–H and O–H groups in total. The van der Waals surface area contributed by atoms with Gasteiger partial charge in [0.05, 0.1) is 13.1 Å². The highest BCUT2D eigenvalue weighted by Gasteiger charge is 2.13. The normalized spacial score (nSPS) is 10.2. The summed E-state index contributed by atoms with van der Waals surface area (Å²) in [6, 6.07) is 8.13. The minimum Gasteiger partial charge on any atom is -0.366 e. The fourth-order valence-electron chi connectivity index (χ4n) is 1.41. The van der Waals surface area contributed by atoms with Crippen LogP contribution in [0.3, 0.4) is 0 Å². The van der Waals surface area contributed by atoms with Gasteiger partial charge in [0.25, 0.3) is 5.91 Å². The number of carbonyl (C=O) groups is 2. The summed E-state index contributed by atoms with van der Waals surface area (Å²) in [4.78, 5) is 22.9. The van der Waals surface area contributed by atoms with Crippen LogP contribution in [-0.4, -0.2) is 11.8 Å². The molecule has 2 amide bonds. The number of thiophene rings is 1. The molecule has 0 atom stereocenters. The summed E-state index contributed by atoms with van der Waals surface area (Å²) < 4.78 is 1.62. The molecular formula is C12H8Br2N2O2S. The third-order valence-electron chi connectivity index (χ3n) is 2.33. The molecule has 0 fully saturated rings. The van der Waals surface area contributed by atoms with Gasteiger partial charge in [-0.05, 0) is 62.2 Å². The van der Waals surface area contributed by atoms with Crippen molar-refractivity contribution in [2.75, 3.05) is 5.32 Å². The molecule has 1 heterocycles. The van der Waals surface area contributed by atoms with E-state index < -0.39 is 5.91 Å². The maximum absolute atomic E-state index is 12.0. The fourth-order valence-corrected chi connectivity index (χ4v) is 4.20. The Morgan fingerprint density at radius 1 is 1.16 bits per heavy atom. The van der Waals surface area contributed by atoms with Crippen molar-refractivity contribution >= 4 is 60.7 Å². The quantitative estimate of drug-likeness (QED) is 0.821. The Bertz CT molecular complexity index is 638. The van der Waals surface area contributed by atoms with Crippen molar-refractivity contribution in [3.63, 3.8) is 0 Å². The van der Waals surface area contributed by atoms with Gasteiger partial charge in [-0.2, -0.15) is 0 Å². The van der Waals surface area contributed by atoms with E-state index in [1.807, 2.05) is 0 Å². The summed E-state index contributed by atoms with van der Waals surface area (Å²) in [5.41, 5.74) is 6.70. The predicted octanol–water partition coefficient (Wildman–Crippen LogP) is 3.62. The van der Waals surface area contributed by atoms with Crippen LogP contribution in [0.5, 0.6) is 0 Å². The maximum atomic E-state index is 12.0. The Hall–Kier alpha value is -1.18. The molecular weight excluding hydrogens is 396 g/mol. The molecule has 4 nitrogen and oxygen atoms in total. The Morgan fingerprint density at radius 2 is 1.79 bits per heavy atom. The van der Waals surface area contributed by atoms with Crippen molar-refractivity contribution in [3.8, 4) is 0 Å². The van der Waals surface area contributed by atoms with E-state index in [-0.39, 0.29) is 5.91 Å². The lowest BCUT2D eigenvalue weighted by Gasteiger charge is -2.04. The molecule has 0 unspecified atom stereocenters. The van der Waals surface area contributed by atoms with Crippen LogP contribution in [0.15, 0.2) is 37.9 Å². The molecule has 1 aromatic carbocycles. The first-order valence-corrected chi connectivity index (χ1v) is 7.53. The summed E-state index contributed by atoms with van der Waals surface area (Å²) in [6.07, 6.45) is 0. The molecule has 7 heteroatoms. The summed E-state index contributed by atoms with van der Waals surface area (Å²) in [6.45, 7) is 0. The number of benzene rings is 1. The largest absolute Gasteiger partial charge is 0.366 e. The number of primary amides is 1. The summed E-state index contributed by atoms with van der Waals surface area (Å²) in [5, 5.41) is 2.74. The lowest BCUT2D eigenvalue weighted by Crippen LogP contribution is -2.13. The third kappa shape index (κ3) is 3.43. The van der Waals surface area contributed by atoms with Crippen LogP contribution in [0.2, 0.25) is 0 Å². The number of nitrogens with one attached hydrogen (secondary N) is 1. The number of hydrogen-bond acceptors (Lipinski definition) is 3. The van der Waals surface area contributed by atoms with Crippen LogP contribution < -0.4 is 11.1 Å². The number of halogens is 2. The van der Waals surface area contributed by atoms with E-state index >= 15 is 0 Å². The molecule has 0 aliphatic carbocycles. The second-order valence-electron chi connectivity index (χ2n) is 3.63. The lowest BCUT2D eigenvalue weighted by molar-refractivity contribution is 0.0998. The van der Waals surface area contributed by atoms with Gasteiger partial charge in [0.15, 0.2) is 0 Å². The molecule has 98 valence electrons. The van der Waals surface area contributed by atoms with Crippen LogP contribution >= 0.6 is 43.2 Å². The van der Waals surface area contributed by atoms with Gasteiger partial charge in [-0.25, -0.2) is 0 Å². The van der Waals surface area contributed by atoms with Gasteiger partial charge in [-0.1, -0.05) is 0 Å².